The van der Waals surface area contributed by atoms with E-state index in [1.807, 2.05) is 0 Å². The minimum absolute atomic E-state index is 0. The molecule has 0 heterocycles. The molecule has 1 heteroatoms. The van der Waals surface area contributed by atoms with Crippen molar-refractivity contribution >= 4 is 6.08 Å². The Morgan fingerprint density at radius 3 is 2.55 bits per heavy atom. The van der Waals surface area contributed by atoms with Crippen LogP contribution in [0.4, 0.5) is 0 Å². The van der Waals surface area contributed by atoms with Gasteiger partial charge in [-0.1, -0.05) is 61.5 Å². The van der Waals surface area contributed by atoms with Gasteiger partial charge in [-0.2, -0.15) is 0 Å². The molecule has 2 aliphatic carbocycles. The van der Waals surface area contributed by atoms with E-state index in [1.165, 1.54) is 36.8 Å². The summed E-state index contributed by atoms with van der Waals surface area (Å²) in [6, 6.07) is 15.9. The first kappa shape index (κ1) is 15.9. The first-order chi connectivity index (χ1) is 10.3. The number of benzene rings is 2. The van der Waals surface area contributed by atoms with Crippen LogP contribution in [-0.2, 0) is 38.7 Å². The van der Waals surface area contributed by atoms with Crippen LogP contribution in [0.5, 0.6) is 0 Å². The molecule has 0 radical (unpaired) electrons. The van der Waals surface area contributed by atoms with E-state index in [2.05, 4.69) is 61.5 Å². The van der Waals surface area contributed by atoms with Gasteiger partial charge in [-0.15, -0.1) is 0 Å². The monoisotopic (exact) mass is 454 g/mol. The molecular weight excluding hydrogens is 431 g/mol. The Kier molecular flexibility index (Phi) is 4.82. The summed E-state index contributed by atoms with van der Waals surface area (Å²) < 4.78 is 0. The van der Waals surface area contributed by atoms with Gasteiger partial charge in [0.15, 0.2) is 0 Å². The van der Waals surface area contributed by atoms with Crippen molar-refractivity contribution in [3.8, 4) is 0 Å². The Morgan fingerprint density at radius 1 is 1.05 bits per heavy atom. The fourth-order valence-electron chi connectivity index (χ4n) is 3.96. The minimum Gasteiger partial charge on any atom is -0.0764 e. The van der Waals surface area contributed by atoms with Crippen molar-refractivity contribution in [1.82, 2.24) is 0 Å². The van der Waals surface area contributed by atoms with Crippen LogP contribution in [0.25, 0.3) is 6.08 Å². The third-order valence-corrected chi connectivity index (χ3v) is 5.18. The molecule has 2 unspecified atom stereocenters. The minimum atomic E-state index is 0. The summed E-state index contributed by atoms with van der Waals surface area (Å²) in [4.78, 5) is 0. The molecule has 110 valence electrons. The standard InChI is InChI=1S/C21H22.Hf/c1-15(16-6-3-2-4-7-16)12-19-10-11-20-13-17-8-5-9-18(17)14-21(19)20;/h2-4,6-7,10-11,13-15,19H,5,8-9,12H2,1H3;. The molecule has 0 saturated carbocycles. The zero-order valence-corrected chi connectivity index (χ0v) is 16.8. The Bertz CT molecular complexity index is 685. The van der Waals surface area contributed by atoms with E-state index >= 15 is 0 Å². The number of allylic oxidation sites excluding steroid dienone is 1. The van der Waals surface area contributed by atoms with Gasteiger partial charge in [0.05, 0.1) is 0 Å². The maximum absolute atomic E-state index is 2.50. The molecule has 2 aromatic carbocycles. The van der Waals surface area contributed by atoms with Gasteiger partial charge >= 0.3 is 0 Å². The van der Waals surface area contributed by atoms with Crippen molar-refractivity contribution in [1.29, 1.82) is 0 Å². The molecule has 0 nitrogen and oxygen atoms in total. The summed E-state index contributed by atoms with van der Waals surface area (Å²) in [6.45, 7) is 2.36. The topological polar surface area (TPSA) is 0 Å². The maximum Gasteiger partial charge on any atom is 0.00330 e. The molecule has 0 spiro atoms. The molecule has 4 rings (SSSR count). The summed E-state index contributed by atoms with van der Waals surface area (Å²) in [5.74, 6) is 1.21. The smallest absolute Gasteiger partial charge is 0.00330 e. The molecule has 2 aliphatic rings. The second-order valence-corrected chi connectivity index (χ2v) is 6.62. The molecule has 22 heavy (non-hydrogen) atoms. The van der Waals surface area contributed by atoms with Gasteiger partial charge in [-0.05, 0) is 59.4 Å². The number of rotatable bonds is 3. The normalized spacial score (nSPS) is 19.4. The predicted molar refractivity (Wildman–Crippen MR) is 89.7 cm³/mol. The summed E-state index contributed by atoms with van der Waals surface area (Å²) in [6.07, 6.45) is 9.88. The number of fused-ring (bicyclic) bond motifs is 2. The fourth-order valence-corrected chi connectivity index (χ4v) is 3.96. The van der Waals surface area contributed by atoms with Crippen LogP contribution in [0, 0.1) is 0 Å². The molecule has 0 saturated heterocycles. The van der Waals surface area contributed by atoms with Crippen molar-refractivity contribution in [2.75, 3.05) is 0 Å². The summed E-state index contributed by atoms with van der Waals surface area (Å²) in [7, 11) is 0. The van der Waals surface area contributed by atoms with Crippen molar-refractivity contribution in [2.24, 2.45) is 0 Å². The molecule has 0 amide bonds. The van der Waals surface area contributed by atoms with E-state index < -0.39 is 0 Å². The van der Waals surface area contributed by atoms with Gasteiger partial charge in [0.1, 0.15) is 0 Å². The van der Waals surface area contributed by atoms with E-state index in [0.29, 0.717) is 11.8 Å². The second-order valence-electron chi connectivity index (χ2n) is 6.62. The van der Waals surface area contributed by atoms with Gasteiger partial charge in [0.2, 0.25) is 0 Å². The van der Waals surface area contributed by atoms with Crippen molar-refractivity contribution in [2.45, 2.75) is 44.4 Å². The number of hydrogen-bond donors (Lipinski definition) is 0. The molecule has 2 aromatic rings. The Labute approximate surface area is 152 Å². The quantitative estimate of drug-likeness (QED) is 0.541. The second kappa shape index (κ2) is 6.66. The molecular formula is C21H22Hf. The first-order valence-electron chi connectivity index (χ1n) is 8.20. The van der Waals surface area contributed by atoms with Crippen LogP contribution in [-0.4, -0.2) is 0 Å². The SMILES string of the molecule is CC(CC1C=Cc2cc3c(cc21)CCC3)c1ccccc1.[Hf]. The summed E-state index contributed by atoms with van der Waals surface area (Å²) in [5, 5.41) is 0. The van der Waals surface area contributed by atoms with Crippen LogP contribution in [0.1, 0.15) is 59.4 Å². The van der Waals surface area contributed by atoms with Crippen molar-refractivity contribution < 1.29 is 25.8 Å². The van der Waals surface area contributed by atoms with Crippen LogP contribution in [0.3, 0.4) is 0 Å². The summed E-state index contributed by atoms with van der Waals surface area (Å²) >= 11 is 0. The van der Waals surface area contributed by atoms with E-state index in [0.717, 1.165) is 0 Å². The largest absolute Gasteiger partial charge is 0.0764 e. The average Bonchev–Trinajstić information content (AvgIpc) is 3.13. The molecule has 0 N–H and O–H groups in total. The van der Waals surface area contributed by atoms with Crippen LogP contribution in [0.15, 0.2) is 48.5 Å². The van der Waals surface area contributed by atoms with Gasteiger partial charge in [0, 0.05) is 31.8 Å². The Morgan fingerprint density at radius 2 is 1.77 bits per heavy atom. The molecule has 0 aromatic heterocycles. The van der Waals surface area contributed by atoms with E-state index in [-0.39, 0.29) is 25.8 Å². The zero-order chi connectivity index (χ0) is 14.2. The van der Waals surface area contributed by atoms with Crippen molar-refractivity contribution in [3.63, 3.8) is 0 Å². The fraction of sp³-hybridized carbons (Fsp3) is 0.333. The zero-order valence-electron chi connectivity index (χ0n) is 13.2. The maximum atomic E-state index is 2.50. The van der Waals surface area contributed by atoms with E-state index in [9.17, 15) is 0 Å². The molecule has 0 bridgehead atoms. The number of aryl methyl sites for hydroxylation is 2. The van der Waals surface area contributed by atoms with Gasteiger partial charge in [-0.25, -0.2) is 0 Å². The van der Waals surface area contributed by atoms with Gasteiger partial charge < -0.3 is 0 Å². The third-order valence-electron chi connectivity index (χ3n) is 5.18. The predicted octanol–water partition coefficient (Wildman–Crippen LogP) is 5.48. The molecule has 0 fully saturated rings. The van der Waals surface area contributed by atoms with E-state index in [1.54, 1.807) is 16.7 Å². The van der Waals surface area contributed by atoms with E-state index in [4.69, 9.17) is 0 Å². The van der Waals surface area contributed by atoms with Crippen LogP contribution >= 0.6 is 0 Å². The molecule has 0 aliphatic heterocycles. The van der Waals surface area contributed by atoms with Crippen LogP contribution in [0.2, 0.25) is 0 Å². The Balaban J connectivity index is 0.00000144. The number of hydrogen-bond acceptors (Lipinski definition) is 0. The van der Waals surface area contributed by atoms with Gasteiger partial charge in [0.25, 0.3) is 0 Å². The Hall–Kier alpha value is -0.950. The van der Waals surface area contributed by atoms with Crippen LogP contribution < -0.4 is 0 Å². The first-order valence-corrected chi connectivity index (χ1v) is 8.20. The van der Waals surface area contributed by atoms with Gasteiger partial charge in [-0.3, -0.25) is 0 Å². The summed E-state index contributed by atoms with van der Waals surface area (Å²) in [5.41, 5.74) is 7.70. The van der Waals surface area contributed by atoms with Crippen molar-refractivity contribution in [3.05, 3.63) is 76.4 Å². The third kappa shape index (κ3) is 2.93. The molecule has 2 atom stereocenters. The average molecular weight is 453 g/mol.